The first-order valence-corrected chi connectivity index (χ1v) is 2.80. The highest BCUT2D eigenvalue weighted by Crippen LogP contribution is 2.23. The molecule has 0 amide bonds. The lowest BCUT2D eigenvalue weighted by Crippen LogP contribution is -2.03. The first kappa shape index (κ1) is 7.33. The highest BCUT2D eigenvalue weighted by atomic mass is 17.0. The van der Waals surface area contributed by atoms with Gasteiger partial charge in [0.15, 0.2) is 5.75 Å². The minimum absolute atomic E-state index is 0.155. The van der Waals surface area contributed by atoms with Gasteiger partial charge in [-0.3, -0.25) is 4.84 Å². The van der Waals surface area contributed by atoms with E-state index >= 15 is 0 Å². The van der Waals surface area contributed by atoms with Gasteiger partial charge in [0.25, 0.3) is 5.09 Å². The molecule has 1 N–H and O–H groups in total. The number of aromatic hydroxyl groups is 1. The topological polar surface area (TPSA) is 72.6 Å². The third kappa shape index (κ3) is 1.82. The largest absolute Gasteiger partial charge is 0.506 e. The van der Waals surface area contributed by atoms with E-state index in [0.29, 0.717) is 0 Å². The molecule has 5 heteroatoms. The number of nitrogens with zero attached hydrogens (tertiary/aromatic N) is 1. The van der Waals surface area contributed by atoms with Gasteiger partial charge in [-0.2, -0.15) is 0 Å². The van der Waals surface area contributed by atoms with E-state index in [9.17, 15) is 10.1 Å². The van der Waals surface area contributed by atoms with Crippen molar-refractivity contribution >= 4 is 0 Å². The Morgan fingerprint density at radius 2 is 2.09 bits per heavy atom. The first-order valence-electron chi connectivity index (χ1n) is 2.80. The van der Waals surface area contributed by atoms with Gasteiger partial charge >= 0.3 is 0 Å². The summed E-state index contributed by atoms with van der Waals surface area (Å²) in [6.07, 6.45) is 0. The van der Waals surface area contributed by atoms with E-state index in [1.807, 2.05) is 0 Å². The molecule has 0 bridgehead atoms. The quantitative estimate of drug-likeness (QED) is 0.510. The first-order chi connectivity index (χ1) is 5.20. The van der Waals surface area contributed by atoms with E-state index in [2.05, 4.69) is 4.84 Å². The second-order valence-corrected chi connectivity index (χ2v) is 1.78. The number of hydrogen-bond acceptors (Lipinski definition) is 4. The van der Waals surface area contributed by atoms with Gasteiger partial charge in [-0.25, -0.2) is 0 Å². The van der Waals surface area contributed by atoms with Gasteiger partial charge in [0, 0.05) is 0 Å². The summed E-state index contributed by atoms with van der Waals surface area (Å²) in [6, 6.07) is 5.68. The van der Waals surface area contributed by atoms with Gasteiger partial charge in [0.1, 0.15) is 5.75 Å². The SMILES string of the molecule is O=[N+]([O-])Oc1ccccc1O. The molecule has 5 nitrogen and oxygen atoms in total. The summed E-state index contributed by atoms with van der Waals surface area (Å²) in [5.74, 6) is -0.401. The molecule has 0 aliphatic carbocycles. The van der Waals surface area contributed by atoms with Crippen LogP contribution in [0.5, 0.6) is 11.5 Å². The Bertz CT molecular complexity index is 273. The number of rotatable bonds is 2. The van der Waals surface area contributed by atoms with Gasteiger partial charge in [0.05, 0.1) is 0 Å². The monoisotopic (exact) mass is 155 g/mol. The van der Waals surface area contributed by atoms with Crippen LogP contribution in [0, 0.1) is 10.1 Å². The summed E-state index contributed by atoms with van der Waals surface area (Å²) < 4.78 is 0. The van der Waals surface area contributed by atoms with Crippen LogP contribution in [0.2, 0.25) is 0 Å². The standard InChI is InChI=1S/C6H5NO4/c8-5-3-1-2-4-6(5)11-7(9)10/h1-4,8H. The van der Waals surface area contributed by atoms with E-state index in [1.165, 1.54) is 18.2 Å². The lowest BCUT2D eigenvalue weighted by atomic mass is 10.3. The Balaban J connectivity index is 2.86. The van der Waals surface area contributed by atoms with Gasteiger partial charge in [-0.05, 0) is 12.1 Å². The Morgan fingerprint density at radius 1 is 1.45 bits per heavy atom. The number of benzene rings is 1. The summed E-state index contributed by atoms with van der Waals surface area (Å²) in [5.41, 5.74) is 0. The maximum absolute atomic E-state index is 9.79. The summed E-state index contributed by atoms with van der Waals surface area (Å²) in [5, 5.41) is 17.7. The van der Waals surface area contributed by atoms with Gasteiger partial charge < -0.3 is 5.11 Å². The minimum Gasteiger partial charge on any atom is -0.506 e. The van der Waals surface area contributed by atoms with Crippen LogP contribution in [-0.4, -0.2) is 10.2 Å². The maximum Gasteiger partial charge on any atom is 0.299 e. The molecule has 0 saturated heterocycles. The molecule has 0 aromatic heterocycles. The minimum atomic E-state index is -0.977. The zero-order valence-electron chi connectivity index (χ0n) is 5.43. The summed E-state index contributed by atoms with van der Waals surface area (Å²) in [6.45, 7) is 0. The predicted octanol–water partition coefficient (Wildman–Crippen LogP) is 0.963. The Morgan fingerprint density at radius 3 is 2.64 bits per heavy atom. The fraction of sp³-hybridized carbons (Fsp3) is 0. The third-order valence-electron chi connectivity index (χ3n) is 1.04. The summed E-state index contributed by atoms with van der Waals surface area (Å²) in [7, 11) is 0. The van der Waals surface area contributed by atoms with Crippen molar-refractivity contribution in [3.05, 3.63) is 34.4 Å². The van der Waals surface area contributed by atoms with Crippen LogP contribution in [0.25, 0.3) is 0 Å². The van der Waals surface area contributed by atoms with Gasteiger partial charge in [-0.1, -0.05) is 12.1 Å². The van der Waals surface area contributed by atoms with Crippen LogP contribution >= 0.6 is 0 Å². The van der Waals surface area contributed by atoms with Crippen LogP contribution in [-0.2, 0) is 0 Å². The highest BCUT2D eigenvalue weighted by molar-refractivity contribution is 5.37. The molecular weight excluding hydrogens is 150 g/mol. The molecule has 0 radical (unpaired) electrons. The second-order valence-electron chi connectivity index (χ2n) is 1.78. The second kappa shape index (κ2) is 2.87. The van der Waals surface area contributed by atoms with E-state index in [1.54, 1.807) is 6.07 Å². The van der Waals surface area contributed by atoms with Crippen molar-refractivity contribution in [1.29, 1.82) is 0 Å². The molecule has 0 atom stereocenters. The van der Waals surface area contributed by atoms with Crippen LogP contribution < -0.4 is 4.84 Å². The molecule has 58 valence electrons. The lowest BCUT2D eigenvalue weighted by Gasteiger charge is -1.98. The molecule has 0 aliphatic rings. The molecule has 11 heavy (non-hydrogen) atoms. The number of phenols is 1. The maximum atomic E-state index is 9.79. The Labute approximate surface area is 61.9 Å². The Hall–Kier alpha value is -1.78. The predicted molar refractivity (Wildman–Crippen MR) is 35.7 cm³/mol. The molecule has 1 aromatic rings. The molecule has 0 aliphatic heterocycles. The highest BCUT2D eigenvalue weighted by Gasteiger charge is 2.02. The van der Waals surface area contributed by atoms with Crippen LogP contribution in [0.15, 0.2) is 24.3 Å². The van der Waals surface area contributed by atoms with Crippen LogP contribution in [0.4, 0.5) is 0 Å². The van der Waals surface area contributed by atoms with E-state index < -0.39 is 5.09 Å². The average Bonchev–Trinajstić information content (AvgIpc) is 1.93. The summed E-state index contributed by atoms with van der Waals surface area (Å²) in [4.78, 5) is 13.8. The fourth-order valence-corrected chi connectivity index (χ4v) is 0.615. The van der Waals surface area contributed by atoms with Gasteiger partial charge in [-0.15, -0.1) is 10.1 Å². The van der Waals surface area contributed by atoms with Crippen molar-refractivity contribution in [2.75, 3.05) is 0 Å². The van der Waals surface area contributed by atoms with Crippen molar-refractivity contribution in [2.24, 2.45) is 0 Å². The normalized spacial score (nSPS) is 9.09. The van der Waals surface area contributed by atoms with E-state index in [0.717, 1.165) is 0 Å². The fourth-order valence-electron chi connectivity index (χ4n) is 0.615. The molecule has 1 aromatic carbocycles. The van der Waals surface area contributed by atoms with Crippen LogP contribution in [0.1, 0.15) is 0 Å². The molecule has 0 heterocycles. The zero-order chi connectivity index (χ0) is 8.27. The summed E-state index contributed by atoms with van der Waals surface area (Å²) >= 11 is 0. The average molecular weight is 155 g/mol. The van der Waals surface area contributed by atoms with Crippen molar-refractivity contribution in [3.63, 3.8) is 0 Å². The Kier molecular flexibility index (Phi) is 1.91. The number of phenolic OH excluding ortho intramolecular Hbond substituents is 1. The van der Waals surface area contributed by atoms with E-state index in [-0.39, 0.29) is 11.5 Å². The molecule has 0 spiro atoms. The third-order valence-corrected chi connectivity index (χ3v) is 1.04. The van der Waals surface area contributed by atoms with E-state index in [4.69, 9.17) is 5.11 Å². The molecule has 1 rings (SSSR count). The van der Waals surface area contributed by atoms with Crippen molar-refractivity contribution in [3.8, 4) is 11.5 Å². The van der Waals surface area contributed by atoms with Crippen molar-refractivity contribution in [1.82, 2.24) is 0 Å². The number of hydrogen-bond donors (Lipinski definition) is 1. The van der Waals surface area contributed by atoms with Gasteiger partial charge in [0.2, 0.25) is 0 Å². The molecule has 0 fully saturated rings. The molecule has 0 saturated carbocycles. The number of para-hydroxylation sites is 2. The smallest absolute Gasteiger partial charge is 0.299 e. The molecular formula is C6H5NO4. The zero-order valence-corrected chi connectivity index (χ0v) is 5.43. The van der Waals surface area contributed by atoms with Crippen molar-refractivity contribution in [2.45, 2.75) is 0 Å². The molecule has 0 unspecified atom stereocenters. The lowest BCUT2D eigenvalue weighted by molar-refractivity contribution is -0.711. The van der Waals surface area contributed by atoms with Crippen molar-refractivity contribution < 1.29 is 15.0 Å². The van der Waals surface area contributed by atoms with Crippen LogP contribution in [0.3, 0.4) is 0 Å².